The van der Waals surface area contributed by atoms with E-state index in [1.54, 1.807) is 48.8 Å². The smallest absolute Gasteiger partial charge is 0.262 e. The molecule has 2 unspecified atom stereocenters. The van der Waals surface area contributed by atoms with E-state index in [0.29, 0.717) is 102 Å². The standard InChI is InChI=1S/2C44H44N6O8/c2*51-39-10-9-38(41(52)48-39)50-43(54)33-8-6-30(23-34(33)44(50)55)57-19-3-1-2-18-56-29-13-16-49(17-14-29)42(53)28-20-31(21-28)58-40-11-5-27(24-46-40)26-4-7-32-35-25-45-15-12-36(35)47-37(32)22-26/h2*4-8,11-12,15,22-25,28-29,31,38,47H,1-3,9-10,13-14,16-21H2,(H,48,51,52). The number of benzene rings is 4. The summed E-state index contributed by atoms with van der Waals surface area (Å²) in [5.74, 6) is -1.81. The summed E-state index contributed by atoms with van der Waals surface area (Å²) in [6.45, 7) is 4.95. The molecule has 4 aromatic carbocycles. The van der Waals surface area contributed by atoms with Crippen molar-refractivity contribution in [1.82, 2.24) is 60.1 Å². The lowest BCUT2D eigenvalue weighted by Crippen LogP contribution is -2.54. The molecule has 596 valence electrons. The number of rotatable bonds is 26. The predicted molar refractivity (Wildman–Crippen MR) is 424 cm³/mol. The van der Waals surface area contributed by atoms with Gasteiger partial charge in [-0.15, -0.1) is 0 Å². The van der Waals surface area contributed by atoms with Crippen LogP contribution in [0.2, 0.25) is 0 Å². The highest BCUT2D eigenvalue weighted by Crippen LogP contribution is 2.39. The van der Waals surface area contributed by atoms with E-state index in [9.17, 15) is 47.9 Å². The molecule has 10 aromatic rings. The van der Waals surface area contributed by atoms with Gasteiger partial charge >= 0.3 is 0 Å². The first-order valence-corrected chi connectivity index (χ1v) is 40.3. The van der Waals surface area contributed by atoms with Crippen LogP contribution < -0.4 is 29.6 Å². The van der Waals surface area contributed by atoms with Crippen LogP contribution in [0.25, 0.3) is 65.9 Å². The summed E-state index contributed by atoms with van der Waals surface area (Å²) < 4.78 is 36.3. The zero-order valence-corrected chi connectivity index (χ0v) is 64.0. The molecule has 0 spiro atoms. The van der Waals surface area contributed by atoms with Gasteiger partial charge in [0.25, 0.3) is 23.6 Å². The molecule has 116 heavy (non-hydrogen) atoms. The van der Waals surface area contributed by atoms with Crippen molar-refractivity contribution in [3.63, 3.8) is 0 Å². The van der Waals surface area contributed by atoms with Crippen LogP contribution in [-0.4, -0.2) is 198 Å². The van der Waals surface area contributed by atoms with Crippen LogP contribution in [0.3, 0.4) is 0 Å². The molecule has 18 rings (SSSR count). The molecule has 28 heteroatoms. The van der Waals surface area contributed by atoms with Crippen molar-refractivity contribution in [2.75, 3.05) is 52.6 Å². The molecular formula is C88H88N12O16. The number of nitrogens with zero attached hydrogens (tertiary/aromatic N) is 8. The highest BCUT2D eigenvalue weighted by atomic mass is 16.5. The van der Waals surface area contributed by atoms with Crippen LogP contribution >= 0.6 is 0 Å². The second-order valence-electron chi connectivity index (χ2n) is 31.1. The van der Waals surface area contributed by atoms with Gasteiger partial charge in [-0.25, -0.2) is 9.97 Å². The maximum Gasteiger partial charge on any atom is 0.262 e. The van der Waals surface area contributed by atoms with Gasteiger partial charge in [0.2, 0.25) is 47.2 Å². The third kappa shape index (κ3) is 16.3. The van der Waals surface area contributed by atoms with Gasteiger partial charge < -0.3 is 48.2 Å². The van der Waals surface area contributed by atoms with Crippen LogP contribution in [0, 0.1) is 11.8 Å². The first-order valence-electron chi connectivity index (χ1n) is 40.3. The maximum atomic E-state index is 13.2. The molecule has 4 N–H and O–H groups in total. The number of H-pyrrole nitrogens is 2. The van der Waals surface area contributed by atoms with Crippen molar-refractivity contribution < 1.29 is 76.4 Å². The average Bonchev–Trinajstić information content (AvgIpc) is 1.62. The molecule has 6 aromatic heterocycles. The number of carbonyl (C=O) groups excluding carboxylic acids is 10. The number of hydrogen-bond acceptors (Lipinski definition) is 20. The zero-order valence-electron chi connectivity index (χ0n) is 64.0. The summed E-state index contributed by atoms with van der Waals surface area (Å²) in [7, 11) is 0. The van der Waals surface area contributed by atoms with Crippen LogP contribution in [0.5, 0.6) is 23.3 Å². The van der Waals surface area contributed by atoms with Crippen molar-refractivity contribution in [2.45, 2.75) is 152 Å². The Morgan fingerprint density at radius 1 is 0.388 bits per heavy atom. The summed E-state index contributed by atoms with van der Waals surface area (Å²) >= 11 is 0. The van der Waals surface area contributed by atoms with E-state index in [4.69, 9.17) is 28.4 Å². The number of imide groups is 4. The minimum Gasteiger partial charge on any atom is -0.494 e. The number of carbonyl (C=O) groups is 10. The molecule has 2 saturated carbocycles. The Labute approximate surface area is 666 Å². The van der Waals surface area contributed by atoms with Crippen molar-refractivity contribution >= 4 is 103 Å². The quantitative estimate of drug-likeness (QED) is 0.0289. The van der Waals surface area contributed by atoms with Gasteiger partial charge in [-0.1, -0.05) is 24.3 Å². The summed E-state index contributed by atoms with van der Waals surface area (Å²) in [6.07, 6.45) is 22.8. The number of unbranched alkanes of at least 4 members (excludes halogenated alkanes) is 4. The molecule has 28 nitrogen and oxygen atoms in total. The molecule has 2 atom stereocenters. The number of amides is 10. The van der Waals surface area contributed by atoms with Crippen molar-refractivity contribution in [1.29, 1.82) is 0 Å². The van der Waals surface area contributed by atoms with E-state index >= 15 is 0 Å². The number of aromatic amines is 2. The monoisotopic (exact) mass is 1570 g/mol. The Morgan fingerprint density at radius 2 is 0.793 bits per heavy atom. The fourth-order valence-electron chi connectivity index (χ4n) is 16.9. The number of fused-ring (bicyclic) bond motifs is 8. The highest BCUT2D eigenvalue weighted by molar-refractivity contribution is 6.25. The Kier molecular flexibility index (Phi) is 22.1. The van der Waals surface area contributed by atoms with Gasteiger partial charge in [0, 0.05) is 168 Å². The summed E-state index contributed by atoms with van der Waals surface area (Å²) in [6, 6.07) is 31.9. The minimum absolute atomic E-state index is 0.0176. The average molecular weight is 1570 g/mol. The number of pyridine rings is 4. The van der Waals surface area contributed by atoms with Gasteiger partial charge in [0.1, 0.15) is 35.8 Å². The first-order chi connectivity index (χ1) is 56.6. The van der Waals surface area contributed by atoms with E-state index < -0.39 is 59.3 Å². The fourth-order valence-corrected chi connectivity index (χ4v) is 16.9. The van der Waals surface area contributed by atoms with E-state index in [-0.39, 0.29) is 96.0 Å². The van der Waals surface area contributed by atoms with Gasteiger partial charge in [-0.2, -0.15) is 0 Å². The Morgan fingerprint density at radius 3 is 1.20 bits per heavy atom. The molecule has 0 radical (unpaired) electrons. The molecule has 6 fully saturated rings. The van der Waals surface area contributed by atoms with Crippen molar-refractivity contribution in [3.8, 4) is 45.5 Å². The molecule has 12 heterocycles. The van der Waals surface area contributed by atoms with E-state index in [1.807, 2.05) is 71.0 Å². The second-order valence-corrected chi connectivity index (χ2v) is 31.1. The van der Waals surface area contributed by atoms with Crippen molar-refractivity contribution in [3.05, 3.63) is 169 Å². The van der Waals surface area contributed by atoms with Gasteiger partial charge in [0.05, 0.1) is 47.7 Å². The number of ether oxygens (including phenoxy) is 6. The summed E-state index contributed by atoms with van der Waals surface area (Å²) in [5, 5.41) is 8.89. The largest absolute Gasteiger partial charge is 0.494 e. The summed E-state index contributed by atoms with van der Waals surface area (Å²) in [4.78, 5) is 156. The lowest BCUT2D eigenvalue weighted by atomic mass is 9.81. The van der Waals surface area contributed by atoms with Crippen LogP contribution in [0.1, 0.15) is 157 Å². The molecule has 10 amide bonds. The number of hydrogen-bond donors (Lipinski definition) is 4. The maximum absolute atomic E-state index is 13.2. The van der Waals surface area contributed by atoms with Crippen molar-refractivity contribution in [2.24, 2.45) is 11.8 Å². The molecule has 2 aliphatic carbocycles. The van der Waals surface area contributed by atoms with Crippen LogP contribution in [0.15, 0.2) is 146 Å². The lowest BCUT2D eigenvalue weighted by molar-refractivity contribution is -0.144. The molecule has 4 saturated heterocycles. The first kappa shape index (κ1) is 76.3. The normalized spacial score (nSPS) is 21.0. The third-order valence-electron chi connectivity index (χ3n) is 23.6. The SMILES string of the molecule is O=C1CCC(N2C(=O)c3ccc(OCCCCCOC4CCN(C(=O)C5CC(Oc6ccc(-c7ccc8c(c7)[nH]c7ccncc78)cn6)C5)CC4)cc3C2=O)C(=O)N1.O=C1CCC(N2C(=O)c3ccc(OCCCCCOC4CCN(C(=O)C5CC(Oc6ccc(-c7ccc8c(c7)[nH]c7ccncc78)cn6)C5)CC4)cc3C2=O)C(=O)N1. The number of likely N-dealkylation sites (tertiary alicyclic amines) is 2. The van der Waals surface area contributed by atoms with E-state index in [1.165, 1.54) is 0 Å². The molecular weight excluding hydrogens is 1480 g/mol. The van der Waals surface area contributed by atoms with Gasteiger partial charge in [-0.05, 0) is 187 Å². The van der Waals surface area contributed by atoms with Gasteiger partial charge in [-0.3, -0.25) is 78.3 Å². The third-order valence-corrected chi connectivity index (χ3v) is 23.6. The number of nitrogens with one attached hydrogen (secondary N) is 4. The van der Waals surface area contributed by atoms with Crippen LogP contribution in [-0.2, 0) is 38.2 Å². The number of aromatic nitrogens is 6. The molecule has 0 bridgehead atoms. The Balaban J connectivity index is 0.000000167. The lowest BCUT2D eigenvalue weighted by Gasteiger charge is -2.39. The summed E-state index contributed by atoms with van der Waals surface area (Å²) in [5.41, 5.74) is 9.21. The zero-order chi connectivity index (χ0) is 79.5. The predicted octanol–water partition coefficient (Wildman–Crippen LogP) is 11.2. The van der Waals surface area contributed by atoms with Crippen LogP contribution in [0.4, 0.5) is 0 Å². The highest BCUT2D eigenvalue weighted by Gasteiger charge is 2.47. The fraction of sp³-hybridized carbons (Fsp3) is 0.386. The second kappa shape index (κ2) is 33.6. The van der Waals surface area contributed by atoms with E-state index in [0.717, 1.165) is 140 Å². The molecule has 6 aliphatic heterocycles. The van der Waals surface area contributed by atoms with E-state index in [2.05, 4.69) is 76.9 Å². The Hall–Kier alpha value is -12.3. The number of piperidine rings is 4. The Bertz CT molecular complexity index is 5130. The minimum atomic E-state index is -0.998. The van der Waals surface area contributed by atoms with Gasteiger partial charge in [0.15, 0.2) is 0 Å². The topological polar surface area (TPSA) is 346 Å². The molecule has 8 aliphatic rings.